The number of likely N-dealkylation sites (tertiary alicyclic amines) is 1. The normalized spacial score (nSPS) is 21.9. The zero-order chi connectivity index (χ0) is 19.0. The Kier molecular flexibility index (Phi) is 4.60. The minimum absolute atomic E-state index is 0.162. The second-order valence-electron chi connectivity index (χ2n) is 8.01. The number of anilines is 1. The Morgan fingerprint density at radius 3 is 3.11 bits per heavy atom. The molecule has 1 unspecified atom stereocenters. The topological polar surface area (TPSA) is 82.6 Å². The Morgan fingerprint density at radius 1 is 1.32 bits per heavy atom. The lowest BCUT2D eigenvalue weighted by Crippen LogP contribution is -2.45. The molecule has 0 radical (unpaired) electrons. The highest BCUT2D eigenvalue weighted by Crippen LogP contribution is 2.46. The molecule has 1 atom stereocenters. The summed E-state index contributed by atoms with van der Waals surface area (Å²) in [6.07, 6.45) is 8.43. The lowest BCUT2D eigenvalue weighted by molar-refractivity contribution is 0.136. The fraction of sp³-hybridized carbons (Fsp3) is 0.500. The van der Waals surface area contributed by atoms with Crippen LogP contribution in [-0.2, 0) is 24.9 Å². The molecule has 2 N–H and O–H groups in total. The zero-order valence-corrected chi connectivity index (χ0v) is 16.9. The second-order valence-corrected chi connectivity index (χ2v) is 8.67. The first-order valence-electron chi connectivity index (χ1n) is 9.93. The van der Waals surface area contributed by atoms with E-state index in [9.17, 15) is 0 Å². The third-order valence-electron chi connectivity index (χ3n) is 6.03. The Labute approximate surface area is 168 Å². The SMILES string of the molecule is Cc1nc(NCc2ccn[nH]2)c2c(n1)C1(CCCN(Cc3cnsc3)C1)CC2. The van der Waals surface area contributed by atoms with E-state index in [-0.39, 0.29) is 5.41 Å². The molecule has 1 aliphatic heterocycles. The highest BCUT2D eigenvalue weighted by atomic mass is 32.1. The highest BCUT2D eigenvalue weighted by molar-refractivity contribution is 7.03. The molecular weight excluding hydrogens is 370 g/mol. The predicted molar refractivity (Wildman–Crippen MR) is 109 cm³/mol. The van der Waals surface area contributed by atoms with Gasteiger partial charge >= 0.3 is 0 Å². The summed E-state index contributed by atoms with van der Waals surface area (Å²) >= 11 is 1.54. The van der Waals surface area contributed by atoms with Gasteiger partial charge in [-0.1, -0.05) is 0 Å². The number of aryl methyl sites for hydroxylation is 1. The molecule has 0 amide bonds. The van der Waals surface area contributed by atoms with Crippen LogP contribution in [0.1, 0.15) is 47.6 Å². The molecule has 0 bridgehead atoms. The monoisotopic (exact) mass is 395 g/mol. The van der Waals surface area contributed by atoms with Crippen LogP contribution in [0.25, 0.3) is 0 Å². The van der Waals surface area contributed by atoms with Gasteiger partial charge < -0.3 is 5.32 Å². The maximum absolute atomic E-state index is 4.96. The van der Waals surface area contributed by atoms with Gasteiger partial charge in [0.15, 0.2) is 0 Å². The van der Waals surface area contributed by atoms with Crippen LogP contribution >= 0.6 is 11.5 Å². The minimum Gasteiger partial charge on any atom is -0.364 e. The van der Waals surface area contributed by atoms with Gasteiger partial charge in [-0.2, -0.15) is 5.10 Å². The maximum Gasteiger partial charge on any atom is 0.133 e. The fourth-order valence-corrected chi connectivity index (χ4v) is 5.31. The average Bonchev–Trinajstić information content (AvgIpc) is 3.44. The van der Waals surface area contributed by atoms with Crippen molar-refractivity contribution in [3.05, 3.63) is 52.2 Å². The van der Waals surface area contributed by atoms with E-state index in [1.165, 1.54) is 41.2 Å². The first-order valence-corrected chi connectivity index (χ1v) is 10.8. The lowest BCUT2D eigenvalue weighted by atomic mass is 9.77. The summed E-state index contributed by atoms with van der Waals surface area (Å²) in [4.78, 5) is 12.3. The quantitative estimate of drug-likeness (QED) is 0.691. The summed E-state index contributed by atoms with van der Waals surface area (Å²) in [6, 6.07) is 1.99. The molecule has 0 saturated carbocycles. The van der Waals surface area contributed by atoms with Gasteiger partial charge in [0.25, 0.3) is 0 Å². The Balaban J connectivity index is 1.40. The van der Waals surface area contributed by atoms with Crippen molar-refractivity contribution in [2.75, 3.05) is 18.4 Å². The van der Waals surface area contributed by atoms with Gasteiger partial charge in [0.2, 0.25) is 0 Å². The summed E-state index contributed by atoms with van der Waals surface area (Å²) in [5.74, 6) is 1.85. The zero-order valence-electron chi connectivity index (χ0n) is 16.1. The van der Waals surface area contributed by atoms with E-state index in [0.29, 0.717) is 6.54 Å². The van der Waals surface area contributed by atoms with E-state index < -0.39 is 0 Å². The van der Waals surface area contributed by atoms with Crippen LogP contribution in [0.5, 0.6) is 0 Å². The van der Waals surface area contributed by atoms with Crippen molar-refractivity contribution in [3.8, 4) is 0 Å². The molecule has 146 valence electrons. The Bertz CT molecular complexity index is 938. The lowest BCUT2D eigenvalue weighted by Gasteiger charge is -2.40. The number of piperidine rings is 1. The van der Waals surface area contributed by atoms with Crippen LogP contribution in [-0.4, -0.2) is 42.5 Å². The molecule has 3 aromatic rings. The molecule has 7 nitrogen and oxygen atoms in total. The van der Waals surface area contributed by atoms with E-state index in [1.807, 2.05) is 19.2 Å². The molecule has 0 aromatic carbocycles. The van der Waals surface area contributed by atoms with Crippen LogP contribution in [0.3, 0.4) is 0 Å². The van der Waals surface area contributed by atoms with Crippen LogP contribution in [0.15, 0.2) is 23.8 Å². The number of fused-ring (bicyclic) bond motifs is 2. The number of nitrogens with zero attached hydrogens (tertiary/aromatic N) is 5. The van der Waals surface area contributed by atoms with E-state index in [1.54, 1.807) is 6.20 Å². The van der Waals surface area contributed by atoms with Crippen LogP contribution in [0.2, 0.25) is 0 Å². The predicted octanol–water partition coefficient (Wildman–Crippen LogP) is 3.06. The van der Waals surface area contributed by atoms with Crippen molar-refractivity contribution in [2.45, 2.75) is 51.1 Å². The van der Waals surface area contributed by atoms with E-state index in [2.05, 4.69) is 30.2 Å². The van der Waals surface area contributed by atoms with Gasteiger partial charge in [-0.3, -0.25) is 10.00 Å². The van der Waals surface area contributed by atoms with Crippen molar-refractivity contribution in [1.82, 2.24) is 29.4 Å². The number of hydrogen-bond acceptors (Lipinski definition) is 7. The molecule has 1 aliphatic carbocycles. The molecular formula is C20H25N7S. The molecule has 1 fully saturated rings. The smallest absolute Gasteiger partial charge is 0.133 e. The molecule has 1 saturated heterocycles. The Morgan fingerprint density at radius 2 is 2.29 bits per heavy atom. The molecule has 28 heavy (non-hydrogen) atoms. The third kappa shape index (κ3) is 3.31. The minimum atomic E-state index is 0.162. The van der Waals surface area contributed by atoms with E-state index in [0.717, 1.165) is 49.8 Å². The van der Waals surface area contributed by atoms with Gasteiger partial charge in [-0.05, 0) is 62.3 Å². The van der Waals surface area contributed by atoms with Crippen LogP contribution in [0, 0.1) is 6.92 Å². The number of hydrogen-bond donors (Lipinski definition) is 2. The first kappa shape index (κ1) is 17.8. The van der Waals surface area contributed by atoms with Gasteiger partial charge in [0, 0.05) is 41.8 Å². The summed E-state index contributed by atoms with van der Waals surface area (Å²) in [5, 5.41) is 12.7. The van der Waals surface area contributed by atoms with Crippen LogP contribution in [0.4, 0.5) is 5.82 Å². The molecule has 5 rings (SSSR count). The van der Waals surface area contributed by atoms with Crippen LogP contribution < -0.4 is 5.32 Å². The fourth-order valence-electron chi connectivity index (χ4n) is 4.78. The number of H-pyrrole nitrogens is 1. The summed E-state index contributed by atoms with van der Waals surface area (Å²) in [7, 11) is 0. The number of aromatic nitrogens is 5. The van der Waals surface area contributed by atoms with Gasteiger partial charge in [0.05, 0.1) is 17.9 Å². The largest absolute Gasteiger partial charge is 0.364 e. The molecule has 1 spiro atoms. The first-order chi connectivity index (χ1) is 13.7. The van der Waals surface area contributed by atoms with Crippen molar-refractivity contribution in [3.63, 3.8) is 0 Å². The summed E-state index contributed by atoms with van der Waals surface area (Å²) < 4.78 is 4.26. The molecule has 8 heteroatoms. The van der Waals surface area contributed by atoms with Gasteiger partial charge in [0.1, 0.15) is 11.6 Å². The van der Waals surface area contributed by atoms with E-state index >= 15 is 0 Å². The van der Waals surface area contributed by atoms with Crippen molar-refractivity contribution < 1.29 is 0 Å². The van der Waals surface area contributed by atoms with Gasteiger partial charge in [-0.15, -0.1) is 0 Å². The average molecular weight is 396 g/mol. The standard InChI is InChI=1S/C20H25N7S/c1-14-24-18-17(19(25-14)21-10-16-4-7-22-26-16)3-6-20(18)5-2-8-27(13-20)11-15-9-23-28-12-15/h4,7,9,12H,2-3,5-6,8,10-11,13H2,1H3,(H,22,26)(H,21,24,25). The third-order valence-corrected chi connectivity index (χ3v) is 6.66. The van der Waals surface area contributed by atoms with Crippen molar-refractivity contribution >= 4 is 17.4 Å². The maximum atomic E-state index is 4.96. The summed E-state index contributed by atoms with van der Waals surface area (Å²) in [6.45, 7) is 5.93. The number of aromatic amines is 1. The van der Waals surface area contributed by atoms with E-state index in [4.69, 9.17) is 9.97 Å². The van der Waals surface area contributed by atoms with Gasteiger partial charge in [-0.25, -0.2) is 14.3 Å². The molecule has 2 aliphatic rings. The van der Waals surface area contributed by atoms with Crippen molar-refractivity contribution in [1.29, 1.82) is 0 Å². The highest BCUT2D eigenvalue weighted by Gasteiger charge is 2.44. The second kappa shape index (κ2) is 7.25. The number of rotatable bonds is 5. The summed E-state index contributed by atoms with van der Waals surface area (Å²) in [5.41, 5.74) is 5.13. The molecule has 4 heterocycles. The number of nitrogens with one attached hydrogen (secondary N) is 2. The Hall–Kier alpha value is -2.32. The molecule has 3 aromatic heterocycles. The van der Waals surface area contributed by atoms with Crippen molar-refractivity contribution in [2.24, 2.45) is 0 Å².